The van der Waals surface area contributed by atoms with Gasteiger partial charge in [-0.15, -0.1) is 5.10 Å². The number of nitrogens with two attached hydrogens (primary N) is 1. The van der Waals surface area contributed by atoms with E-state index < -0.39 is 0 Å². The largest absolute Gasteiger partial charge is 0.437 e. The molecule has 2 rings (SSSR count). The normalized spacial score (nSPS) is 10.3. The molecule has 0 amide bonds. The maximum Gasteiger partial charge on any atom is 0.243 e. The van der Waals surface area contributed by atoms with E-state index in [-0.39, 0.29) is 0 Å². The quantitative estimate of drug-likeness (QED) is 0.945. The fraction of sp³-hybridized carbons (Fsp3) is 0.167. The number of aromatic nitrogens is 2. The third-order valence-electron chi connectivity index (χ3n) is 2.34. The lowest BCUT2D eigenvalue weighted by molar-refractivity contribution is 0.445. The highest BCUT2D eigenvalue weighted by Gasteiger charge is 2.07. The van der Waals surface area contributed by atoms with E-state index in [0.29, 0.717) is 12.4 Å². The predicted molar refractivity (Wildman–Crippen MR) is 68.9 cm³/mol. The van der Waals surface area contributed by atoms with Gasteiger partial charge in [-0.2, -0.15) is 5.10 Å². The number of hydrogen-bond acceptors (Lipinski definition) is 4. The van der Waals surface area contributed by atoms with Crippen LogP contribution < -0.4 is 10.5 Å². The molecule has 0 saturated carbocycles. The molecule has 2 N–H and O–H groups in total. The molecule has 0 aliphatic carbocycles. The Labute approximate surface area is 108 Å². The van der Waals surface area contributed by atoms with Crippen molar-refractivity contribution in [2.24, 2.45) is 5.73 Å². The van der Waals surface area contributed by atoms with Crippen LogP contribution in [0.2, 0.25) is 0 Å². The zero-order valence-corrected chi connectivity index (χ0v) is 10.9. The third-order valence-corrected chi connectivity index (χ3v) is 2.84. The van der Waals surface area contributed by atoms with Crippen LogP contribution in [0.5, 0.6) is 11.6 Å². The first-order chi connectivity index (χ1) is 8.20. The van der Waals surface area contributed by atoms with Gasteiger partial charge in [-0.3, -0.25) is 0 Å². The van der Waals surface area contributed by atoms with Crippen molar-refractivity contribution in [2.75, 3.05) is 0 Å². The average molecular weight is 294 g/mol. The van der Waals surface area contributed by atoms with Crippen LogP contribution in [0.3, 0.4) is 0 Å². The van der Waals surface area contributed by atoms with Crippen LogP contribution in [0, 0.1) is 6.92 Å². The fourth-order valence-corrected chi connectivity index (χ4v) is 1.71. The molecule has 0 unspecified atom stereocenters. The second kappa shape index (κ2) is 5.25. The number of aryl methyl sites for hydroxylation is 1. The van der Waals surface area contributed by atoms with Crippen LogP contribution in [-0.2, 0) is 6.54 Å². The number of ether oxygens (including phenoxy) is 1. The lowest BCUT2D eigenvalue weighted by atomic mass is 10.2. The first kappa shape index (κ1) is 12.0. The molecule has 17 heavy (non-hydrogen) atoms. The monoisotopic (exact) mass is 293 g/mol. The second-order valence-corrected chi connectivity index (χ2v) is 4.49. The van der Waals surface area contributed by atoms with E-state index in [1.807, 2.05) is 25.1 Å². The van der Waals surface area contributed by atoms with Crippen molar-refractivity contribution in [1.82, 2.24) is 10.2 Å². The minimum Gasteiger partial charge on any atom is -0.437 e. The highest BCUT2D eigenvalue weighted by molar-refractivity contribution is 9.10. The summed E-state index contributed by atoms with van der Waals surface area (Å²) < 4.78 is 6.68. The van der Waals surface area contributed by atoms with E-state index >= 15 is 0 Å². The van der Waals surface area contributed by atoms with Gasteiger partial charge < -0.3 is 10.5 Å². The van der Waals surface area contributed by atoms with Crippen molar-refractivity contribution in [3.05, 3.63) is 46.1 Å². The topological polar surface area (TPSA) is 61.0 Å². The zero-order valence-electron chi connectivity index (χ0n) is 9.35. The van der Waals surface area contributed by atoms with E-state index in [1.54, 1.807) is 12.3 Å². The van der Waals surface area contributed by atoms with E-state index in [1.165, 1.54) is 0 Å². The molecule has 1 aromatic carbocycles. The highest BCUT2D eigenvalue weighted by atomic mass is 79.9. The highest BCUT2D eigenvalue weighted by Crippen LogP contribution is 2.28. The van der Waals surface area contributed by atoms with Gasteiger partial charge in [0.2, 0.25) is 5.88 Å². The molecule has 0 aliphatic heterocycles. The first-order valence-corrected chi connectivity index (χ1v) is 5.94. The average Bonchev–Trinajstić information content (AvgIpc) is 2.34. The SMILES string of the molecule is Cc1ccc(Br)cc1Oc1nnccc1CN. The summed E-state index contributed by atoms with van der Waals surface area (Å²) in [4.78, 5) is 0. The van der Waals surface area contributed by atoms with Gasteiger partial charge in [0.1, 0.15) is 5.75 Å². The lowest BCUT2D eigenvalue weighted by Crippen LogP contribution is -2.02. The number of rotatable bonds is 3. The molecule has 2 aromatic rings. The molecule has 0 atom stereocenters. The molecule has 0 bridgehead atoms. The standard InChI is InChI=1S/C12H12BrN3O/c1-8-2-3-10(13)6-11(8)17-12-9(7-14)4-5-15-16-12/h2-6H,7,14H2,1H3. The Bertz CT molecular complexity index is 531. The van der Waals surface area contributed by atoms with E-state index in [0.717, 1.165) is 21.3 Å². The minimum absolute atomic E-state index is 0.373. The molecule has 4 nitrogen and oxygen atoms in total. The second-order valence-electron chi connectivity index (χ2n) is 3.58. The van der Waals surface area contributed by atoms with Gasteiger partial charge in [0, 0.05) is 16.6 Å². The van der Waals surface area contributed by atoms with Gasteiger partial charge >= 0.3 is 0 Å². The van der Waals surface area contributed by atoms with E-state index in [2.05, 4.69) is 26.1 Å². The molecular weight excluding hydrogens is 282 g/mol. The van der Waals surface area contributed by atoms with Gasteiger partial charge in [-0.25, -0.2) is 0 Å². The van der Waals surface area contributed by atoms with Crippen LogP contribution in [-0.4, -0.2) is 10.2 Å². The molecular formula is C12H12BrN3O. The Balaban J connectivity index is 2.34. The number of halogens is 1. The molecule has 0 spiro atoms. The summed E-state index contributed by atoms with van der Waals surface area (Å²) in [7, 11) is 0. The Kier molecular flexibility index (Phi) is 3.71. The summed E-state index contributed by atoms with van der Waals surface area (Å²) in [6, 6.07) is 7.63. The number of hydrogen-bond donors (Lipinski definition) is 1. The Hall–Kier alpha value is -1.46. The van der Waals surface area contributed by atoms with Gasteiger partial charge in [-0.1, -0.05) is 22.0 Å². The van der Waals surface area contributed by atoms with Gasteiger partial charge in [-0.05, 0) is 30.7 Å². The number of nitrogens with zero attached hydrogens (tertiary/aromatic N) is 2. The molecule has 88 valence electrons. The summed E-state index contributed by atoms with van der Waals surface area (Å²) in [5.74, 6) is 1.20. The molecule has 0 fully saturated rings. The van der Waals surface area contributed by atoms with Crippen molar-refractivity contribution in [3.8, 4) is 11.6 Å². The predicted octanol–water partition coefficient (Wildman–Crippen LogP) is 2.80. The van der Waals surface area contributed by atoms with Crippen LogP contribution in [0.25, 0.3) is 0 Å². The van der Waals surface area contributed by atoms with Crippen molar-refractivity contribution in [2.45, 2.75) is 13.5 Å². The summed E-state index contributed by atoms with van der Waals surface area (Å²) in [6.45, 7) is 2.35. The molecule has 1 heterocycles. The van der Waals surface area contributed by atoms with Crippen LogP contribution in [0.1, 0.15) is 11.1 Å². The summed E-state index contributed by atoms with van der Waals surface area (Å²) in [5, 5.41) is 7.75. The van der Waals surface area contributed by atoms with Crippen molar-refractivity contribution < 1.29 is 4.74 Å². The third kappa shape index (κ3) is 2.81. The van der Waals surface area contributed by atoms with Crippen LogP contribution in [0.4, 0.5) is 0 Å². The van der Waals surface area contributed by atoms with E-state index in [9.17, 15) is 0 Å². The Morgan fingerprint density at radius 2 is 2.18 bits per heavy atom. The molecule has 5 heteroatoms. The van der Waals surface area contributed by atoms with E-state index in [4.69, 9.17) is 10.5 Å². The van der Waals surface area contributed by atoms with Crippen molar-refractivity contribution >= 4 is 15.9 Å². The van der Waals surface area contributed by atoms with Crippen LogP contribution in [0.15, 0.2) is 34.9 Å². The minimum atomic E-state index is 0.373. The molecule has 0 radical (unpaired) electrons. The number of benzene rings is 1. The molecule has 0 saturated heterocycles. The maximum atomic E-state index is 5.73. The smallest absolute Gasteiger partial charge is 0.243 e. The van der Waals surface area contributed by atoms with Gasteiger partial charge in [0.15, 0.2) is 0 Å². The van der Waals surface area contributed by atoms with Crippen LogP contribution >= 0.6 is 15.9 Å². The molecule has 1 aromatic heterocycles. The Morgan fingerprint density at radius 3 is 2.94 bits per heavy atom. The van der Waals surface area contributed by atoms with Gasteiger partial charge in [0.25, 0.3) is 0 Å². The summed E-state index contributed by atoms with van der Waals surface area (Å²) in [5.41, 5.74) is 7.48. The van der Waals surface area contributed by atoms with Crippen molar-refractivity contribution in [3.63, 3.8) is 0 Å². The zero-order chi connectivity index (χ0) is 12.3. The van der Waals surface area contributed by atoms with Crippen molar-refractivity contribution in [1.29, 1.82) is 0 Å². The maximum absolute atomic E-state index is 5.73. The molecule has 0 aliphatic rings. The summed E-state index contributed by atoms with van der Waals surface area (Å²) in [6.07, 6.45) is 1.60. The Morgan fingerprint density at radius 1 is 1.35 bits per heavy atom. The first-order valence-electron chi connectivity index (χ1n) is 5.15. The lowest BCUT2D eigenvalue weighted by Gasteiger charge is -2.10. The fourth-order valence-electron chi connectivity index (χ4n) is 1.37. The van der Waals surface area contributed by atoms with Gasteiger partial charge in [0.05, 0.1) is 6.20 Å². The summed E-state index contributed by atoms with van der Waals surface area (Å²) >= 11 is 3.40.